The van der Waals surface area contributed by atoms with E-state index in [1.165, 1.54) is 0 Å². The van der Waals surface area contributed by atoms with Gasteiger partial charge in [0, 0.05) is 42.8 Å². The summed E-state index contributed by atoms with van der Waals surface area (Å²) >= 11 is 12.2. The minimum atomic E-state index is -0.734. The number of carbonyl (C=O) groups is 2. The molecule has 0 spiro atoms. The molecule has 3 heterocycles. The normalized spacial score (nSPS) is 19.1. The van der Waals surface area contributed by atoms with Crippen LogP contribution in [0.4, 0.5) is 11.8 Å². The monoisotopic (exact) mass is 492 g/mol. The molecule has 176 valence electrons. The predicted octanol–water partition coefficient (Wildman–Crippen LogP) is 1.63. The molecule has 2 aliphatic heterocycles. The number of amides is 2. The number of carbonyl (C=O) groups excluding carboxylic acids is 2. The van der Waals surface area contributed by atoms with E-state index in [2.05, 4.69) is 25.4 Å². The first-order valence-corrected chi connectivity index (χ1v) is 11.6. The molecule has 0 unspecified atom stereocenters. The van der Waals surface area contributed by atoms with Crippen LogP contribution >= 0.6 is 23.2 Å². The minimum absolute atomic E-state index is 0.0280. The van der Waals surface area contributed by atoms with Crippen LogP contribution in [0.25, 0.3) is 0 Å². The van der Waals surface area contributed by atoms with Gasteiger partial charge in [0.15, 0.2) is 11.5 Å². The van der Waals surface area contributed by atoms with E-state index in [0.717, 1.165) is 24.9 Å². The molecule has 1 atom stereocenters. The van der Waals surface area contributed by atoms with Crippen LogP contribution in [0.2, 0.25) is 10.0 Å². The number of nitrogens with zero attached hydrogens (tertiary/aromatic N) is 6. The van der Waals surface area contributed by atoms with Crippen LogP contribution in [-0.2, 0) is 11.3 Å². The highest BCUT2D eigenvalue weighted by Crippen LogP contribution is 2.23. The Morgan fingerprint density at radius 2 is 1.91 bits per heavy atom. The third kappa shape index (κ3) is 5.29. The largest absolute Gasteiger partial charge is 0.364 e. The summed E-state index contributed by atoms with van der Waals surface area (Å²) in [5, 5.41) is 12.2. The molecule has 2 aliphatic rings. The van der Waals surface area contributed by atoms with Gasteiger partial charge in [-0.3, -0.25) is 14.5 Å². The quantitative estimate of drug-likeness (QED) is 0.623. The smallest absolute Gasteiger partial charge is 0.273 e. The zero-order valence-electron chi connectivity index (χ0n) is 18.3. The van der Waals surface area contributed by atoms with E-state index >= 15 is 0 Å². The summed E-state index contributed by atoms with van der Waals surface area (Å²) in [6.45, 7) is 3.55. The molecular weight excluding hydrogens is 467 g/mol. The van der Waals surface area contributed by atoms with Gasteiger partial charge in [0.05, 0.1) is 6.04 Å². The number of rotatable bonds is 6. The van der Waals surface area contributed by atoms with E-state index in [0.29, 0.717) is 48.7 Å². The maximum absolute atomic E-state index is 12.8. The fraction of sp³-hybridized carbons (Fsp3) is 0.476. The lowest BCUT2D eigenvalue weighted by atomic mass is 10.2. The number of halogens is 2. The number of likely N-dealkylation sites (N-methyl/N-ethyl adjacent to an activating group) is 1. The van der Waals surface area contributed by atoms with Crippen LogP contribution in [0.5, 0.6) is 0 Å². The molecule has 2 amide bonds. The molecule has 3 N–H and O–H groups in total. The van der Waals surface area contributed by atoms with Gasteiger partial charge in [0.1, 0.15) is 0 Å². The number of hydrogen-bond donors (Lipinski definition) is 2. The lowest BCUT2D eigenvalue weighted by molar-refractivity contribution is -0.135. The number of hydrogen-bond acceptors (Lipinski definition) is 8. The standard InChI is InChI=1S/C21H26Cl2N8O2/c1-29-6-2-3-16(29)20(33)30-7-9-31(10-8-30)21-26-19(17(18(24)32)27-28-21)25-12-13-4-5-14(22)11-15(13)23/h4-5,11,16H,2-3,6-10,12H2,1H3,(H2,24,32)(H,25,26,28)/t16-/m0/s1. The van der Waals surface area contributed by atoms with E-state index in [1.54, 1.807) is 18.2 Å². The molecule has 1 aromatic carbocycles. The lowest BCUT2D eigenvalue weighted by Crippen LogP contribution is -2.53. The molecule has 0 aliphatic carbocycles. The van der Waals surface area contributed by atoms with Crippen molar-refractivity contribution < 1.29 is 9.59 Å². The summed E-state index contributed by atoms with van der Waals surface area (Å²) in [6.07, 6.45) is 1.96. The molecule has 0 radical (unpaired) electrons. The summed E-state index contributed by atoms with van der Waals surface area (Å²) in [6, 6.07) is 5.13. The van der Waals surface area contributed by atoms with Gasteiger partial charge in [-0.1, -0.05) is 29.3 Å². The second kappa shape index (κ2) is 10.1. The molecule has 33 heavy (non-hydrogen) atoms. The van der Waals surface area contributed by atoms with Crippen molar-refractivity contribution in [2.24, 2.45) is 5.73 Å². The number of nitrogens with two attached hydrogens (primary N) is 1. The predicted molar refractivity (Wildman–Crippen MR) is 127 cm³/mol. The molecule has 2 fully saturated rings. The molecule has 10 nitrogen and oxygen atoms in total. The Bertz CT molecular complexity index is 1040. The molecule has 2 saturated heterocycles. The Kier molecular flexibility index (Phi) is 7.16. The average molecular weight is 493 g/mol. The molecule has 12 heteroatoms. The number of piperazine rings is 1. The van der Waals surface area contributed by atoms with Gasteiger partial charge in [-0.25, -0.2) is 0 Å². The van der Waals surface area contributed by atoms with Gasteiger partial charge in [-0.05, 0) is 44.1 Å². The number of likely N-dealkylation sites (tertiary alicyclic amines) is 1. The van der Waals surface area contributed by atoms with Gasteiger partial charge in [0.25, 0.3) is 5.91 Å². The van der Waals surface area contributed by atoms with Crippen molar-refractivity contribution in [2.75, 3.05) is 50.0 Å². The van der Waals surface area contributed by atoms with Gasteiger partial charge in [-0.2, -0.15) is 4.98 Å². The van der Waals surface area contributed by atoms with Crippen molar-refractivity contribution >= 4 is 46.8 Å². The first-order chi connectivity index (χ1) is 15.8. The average Bonchev–Trinajstić information content (AvgIpc) is 3.23. The van der Waals surface area contributed by atoms with Crippen molar-refractivity contribution in [3.8, 4) is 0 Å². The zero-order chi connectivity index (χ0) is 23.5. The fourth-order valence-corrected chi connectivity index (χ4v) is 4.62. The Hall–Kier alpha value is -2.69. The maximum Gasteiger partial charge on any atom is 0.273 e. The Morgan fingerprint density at radius 3 is 2.55 bits per heavy atom. The third-order valence-electron chi connectivity index (χ3n) is 6.05. The first kappa shape index (κ1) is 23.5. The van der Waals surface area contributed by atoms with E-state index in [1.807, 2.05) is 16.8 Å². The van der Waals surface area contributed by atoms with Gasteiger partial charge in [-0.15, -0.1) is 10.2 Å². The molecule has 4 rings (SSSR count). The Morgan fingerprint density at radius 1 is 1.15 bits per heavy atom. The second-order valence-corrected chi connectivity index (χ2v) is 9.06. The molecule has 0 bridgehead atoms. The van der Waals surface area contributed by atoms with Gasteiger partial charge < -0.3 is 20.9 Å². The van der Waals surface area contributed by atoms with Crippen LogP contribution in [0.3, 0.4) is 0 Å². The van der Waals surface area contributed by atoms with Crippen LogP contribution < -0.4 is 16.0 Å². The van der Waals surface area contributed by atoms with E-state index in [9.17, 15) is 9.59 Å². The van der Waals surface area contributed by atoms with Crippen molar-refractivity contribution in [3.05, 3.63) is 39.5 Å². The second-order valence-electron chi connectivity index (χ2n) is 8.21. The fourth-order valence-electron chi connectivity index (χ4n) is 4.14. The van der Waals surface area contributed by atoms with E-state index in [-0.39, 0.29) is 23.5 Å². The zero-order valence-corrected chi connectivity index (χ0v) is 19.8. The highest BCUT2D eigenvalue weighted by molar-refractivity contribution is 6.35. The van der Waals surface area contributed by atoms with E-state index < -0.39 is 5.91 Å². The number of aromatic nitrogens is 3. The molecule has 1 aromatic heterocycles. The number of benzene rings is 1. The Balaban J connectivity index is 1.44. The topological polar surface area (TPSA) is 121 Å². The van der Waals surface area contributed by atoms with Crippen molar-refractivity contribution in [2.45, 2.75) is 25.4 Å². The van der Waals surface area contributed by atoms with Crippen molar-refractivity contribution in [1.82, 2.24) is 25.0 Å². The SMILES string of the molecule is CN1CCC[C@H]1C(=O)N1CCN(c2nnc(C(N)=O)c(NCc3ccc(Cl)cc3Cl)n2)CC1. The molecule has 2 aromatic rings. The van der Waals surface area contributed by atoms with Gasteiger partial charge in [0.2, 0.25) is 11.9 Å². The third-order valence-corrected chi connectivity index (χ3v) is 6.64. The summed E-state index contributed by atoms with van der Waals surface area (Å²) in [7, 11) is 2.00. The number of anilines is 2. The lowest BCUT2D eigenvalue weighted by Gasteiger charge is -2.36. The van der Waals surface area contributed by atoms with Crippen molar-refractivity contribution in [1.29, 1.82) is 0 Å². The number of primary amides is 1. The highest BCUT2D eigenvalue weighted by Gasteiger charge is 2.33. The van der Waals surface area contributed by atoms with Crippen LogP contribution in [0.15, 0.2) is 18.2 Å². The maximum atomic E-state index is 12.8. The summed E-state index contributed by atoms with van der Waals surface area (Å²) in [5.74, 6) is 0.0433. The Labute approximate surface area is 202 Å². The van der Waals surface area contributed by atoms with Crippen LogP contribution in [0.1, 0.15) is 28.9 Å². The molecular formula is C21H26Cl2N8O2. The van der Waals surface area contributed by atoms with Crippen LogP contribution in [0, 0.1) is 0 Å². The van der Waals surface area contributed by atoms with E-state index in [4.69, 9.17) is 28.9 Å². The first-order valence-electron chi connectivity index (χ1n) is 10.8. The summed E-state index contributed by atoms with van der Waals surface area (Å²) in [4.78, 5) is 35.1. The highest BCUT2D eigenvalue weighted by atomic mass is 35.5. The summed E-state index contributed by atoms with van der Waals surface area (Å²) < 4.78 is 0. The molecule has 0 saturated carbocycles. The summed E-state index contributed by atoms with van der Waals surface area (Å²) in [5.41, 5.74) is 6.18. The van der Waals surface area contributed by atoms with Crippen molar-refractivity contribution in [3.63, 3.8) is 0 Å². The van der Waals surface area contributed by atoms with Crippen LogP contribution in [-0.4, -0.2) is 82.6 Å². The van der Waals surface area contributed by atoms with Gasteiger partial charge >= 0.3 is 0 Å². The minimum Gasteiger partial charge on any atom is -0.364 e. The number of nitrogens with one attached hydrogen (secondary N) is 1.